The number of nitrogens with one attached hydrogen (secondary N) is 3. The monoisotopic (exact) mass is 413 g/mol. The third-order valence-electron chi connectivity index (χ3n) is 3.85. The molecule has 0 fully saturated rings. The van der Waals surface area contributed by atoms with Gasteiger partial charge < -0.3 is 16.0 Å². The van der Waals surface area contributed by atoms with Crippen molar-refractivity contribution in [3.63, 3.8) is 0 Å². The van der Waals surface area contributed by atoms with Gasteiger partial charge in [-0.2, -0.15) is 0 Å². The Labute approximate surface area is 170 Å². The maximum Gasteiger partial charge on any atom is 0.265 e. The largest absolute Gasteiger partial charge is 0.355 e. The van der Waals surface area contributed by atoms with Crippen molar-refractivity contribution in [3.05, 3.63) is 81.0 Å². The normalized spacial score (nSPS) is 10.2. The second kappa shape index (κ2) is 8.69. The second-order valence-corrected chi connectivity index (χ2v) is 7.12. The van der Waals surface area contributed by atoms with Gasteiger partial charge in [0, 0.05) is 23.3 Å². The molecule has 142 valence electrons. The predicted molar refractivity (Wildman–Crippen MR) is 112 cm³/mol. The van der Waals surface area contributed by atoms with Gasteiger partial charge in [-0.25, -0.2) is 0 Å². The number of rotatable bonds is 5. The zero-order chi connectivity index (χ0) is 20.1. The first-order chi connectivity index (χ1) is 13.5. The van der Waals surface area contributed by atoms with Gasteiger partial charge in [-0.15, -0.1) is 11.3 Å². The Bertz CT molecular complexity index is 1020. The molecule has 0 aliphatic rings. The van der Waals surface area contributed by atoms with Gasteiger partial charge in [0.05, 0.1) is 16.1 Å². The highest BCUT2D eigenvalue weighted by Crippen LogP contribution is 2.24. The van der Waals surface area contributed by atoms with E-state index < -0.39 is 5.91 Å². The SMILES string of the molecule is CNC(=O)c1ccc(NC(=O)c2ccc(Cl)cc2NC(=O)c2cccs2)cc1. The molecule has 3 aromatic rings. The van der Waals surface area contributed by atoms with E-state index in [1.807, 2.05) is 0 Å². The van der Waals surface area contributed by atoms with E-state index in [-0.39, 0.29) is 17.4 Å². The van der Waals surface area contributed by atoms with Crippen LogP contribution in [-0.4, -0.2) is 24.8 Å². The lowest BCUT2D eigenvalue weighted by Gasteiger charge is -2.12. The van der Waals surface area contributed by atoms with Crippen LogP contribution in [0.15, 0.2) is 60.0 Å². The number of hydrogen-bond donors (Lipinski definition) is 3. The lowest BCUT2D eigenvalue weighted by atomic mass is 10.1. The van der Waals surface area contributed by atoms with Gasteiger partial charge in [0.2, 0.25) is 0 Å². The van der Waals surface area contributed by atoms with Crippen molar-refractivity contribution in [2.45, 2.75) is 0 Å². The number of carbonyl (C=O) groups is 3. The molecular weight excluding hydrogens is 398 g/mol. The Hall–Kier alpha value is -3.16. The van der Waals surface area contributed by atoms with E-state index in [0.717, 1.165) is 0 Å². The van der Waals surface area contributed by atoms with Crippen molar-refractivity contribution < 1.29 is 14.4 Å². The summed E-state index contributed by atoms with van der Waals surface area (Å²) in [5, 5.41) is 10.2. The van der Waals surface area contributed by atoms with Gasteiger partial charge >= 0.3 is 0 Å². The summed E-state index contributed by atoms with van der Waals surface area (Å²) < 4.78 is 0. The summed E-state index contributed by atoms with van der Waals surface area (Å²) in [7, 11) is 1.55. The summed E-state index contributed by atoms with van der Waals surface area (Å²) in [6.45, 7) is 0. The molecule has 0 saturated carbocycles. The standard InChI is InChI=1S/C20H16ClN3O3S/c1-22-18(25)12-4-7-14(8-5-12)23-19(26)15-9-6-13(21)11-16(15)24-20(27)17-3-2-10-28-17/h2-11H,1H3,(H,22,25)(H,23,26)(H,24,27). The predicted octanol–water partition coefficient (Wildman–Crippen LogP) is 4.27. The van der Waals surface area contributed by atoms with Crippen LogP contribution in [0.3, 0.4) is 0 Å². The van der Waals surface area contributed by atoms with E-state index >= 15 is 0 Å². The van der Waals surface area contributed by atoms with Crippen LogP contribution in [0.4, 0.5) is 11.4 Å². The van der Waals surface area contributed by atoms with Crippen molar-refractivity contribution in [3.8, 4) is 0 Å². The first-order valence-electron chi connectivity index (χ1n) is 8.26. The van der Waals surface area contributed by atoms with E-state index in [4.69, 9.17) is 11.6 Å². The van der Waals surface area contributed by atoms with Crippen LogP contribution in [0.25, 0.3) is 0 Å². The highest BCUT2D eigenvalue weighted by molar-refractivity contribution is 7.12. The van der Waals surface area contributed by atoms with Crippen molar-refractivity contribution in [1.82, 2.24) is 5.32 Å². The number of benzene rings is 2. The molecule has 28 heavy (non-hydrogen) atoms. The molecule has 0 aliphatic carbocycles. The van der Waals surface area contributed by atoms with Crippen LogP contribution in [0.1, 0.15) is 30.4 Å². The van der Waals surface area contributed by atoms with E-state index in [1.54, 1.807) is 61.0 Å². The Morgan fingerprint density at radius 1 is 0.893 bits per heavy atom. The highest BCUT2D eigenvalue weighted by atomic mass is 35.5. The minimum absolute atomic E-state index is 0.214. The average Bonchev–Trinajstić information content (AvgIpc) is 3.23. The minimum Gasteiger partial charge on any atom is -0.355 e. The Balaban J connectivity index is 1.79. The molecule has 0 aliphatic heterocycles. The zero-order valence-corrected chi connectivity index (χ0v) is 16.4. The summed E-state index contributed by atoms with van der Waals surface area (Å²) in [6.07, 6.45) is 0. The van der Waals surface area contributed by atoms with Gasteiger partial charge in [0.25, 0.3) is 17.7 Å². The summed E-state index contributed by atoms with van der Waals surface area (Å²) in [6, 6.07) is 14.6. The van der Waals surface area contributed by atoms with E-state index in [2.05, 4.69) is 16.0 Å². The fraction of sp³-hybridized carbons (Fsp3) is 0.0500. The molecule has 1 aromatic heterocycles. The van der Waals surface area contributed by atoms with Gasteiger partial charge in [-0.05, 0) is 53.9 Å². The number of carbonyl (C=O) groups excluding carboxylic acids is 3. The number of amides is 3. The zero-order valence-electron chi connectivity index (χ0n) is 14.8. The topological polar surface area (TPSA) is 87.3 Å². The molecular formula is C20H16ClN3O3S. The molecule has 0 radical (unpaired) electrons. The van der Waals surface area contributed by atoms with Crippen LogP contribution in [-0.2, 0) is 0 Å². The van der Waals surface area contributed by atoms with Crippen LogP contribution < -0.4 is 16.0 Å². The minimum atomic E-state index is -0.411. The van der Waals surface area contributed by atoms with E-state index in [1.165, 1.54) is 17.4 Å². The van der Waals surface area contributed by atoms with E-state index in [9.17, 15) is 14.4 Å². The van der Waals surface area contributed by atoms with Crippen molar-refractivity contribution >= 4 is 52.0 Å². The molecule has 0 bridgehead atoms. The van der Waals surface area contributed by atoms with Crippen molar-refractivity contribution in [2.24, 2.45) is 0 Å². The number of hydrogen-bond acceptors (Lipinski definition) is 4. The van der Waals surface area contributed by atoms with Crippen LogP contribution in [0.5, 0.6) is 0 Å². The van der Waals surface area contributed by atoms with Gasteiger partial charge in [0.15, 0.2) is 0 Å². The summed E-state index contributed by atoms with van der Waals surface area (Å²) in [4.78, 5) is 37.2. The fourth-order valence-corrected chi connectivity index (χ4v) is 3.25. The van der Waals surface area contributed by atoms with Crippen molar-refractivity contribution in [1.29, 1.82) is 0 Å². The summed E-state index contributed by atoms with van der Waals surface area (Å²) >= 11 is 7.33. The molecule has 0 unspecified atom stereocenters. The molecule has 8 heteroatoms. The Kier molecular flexibility index (Phi) is 6.08. The maximum atomic E-state index is 12.7. The fourth-order valence-electron chi connectivity index (χ4n) is 2.46. The van der Waals surface area contributed by atoms with E-state index in [0.29, 0.717) is 26.8 Å². The summed E-state index contributed by atoms with van der Waals surface area (Å²) in [5.41, 5.74) is 1.58. The lowest BCUT2D eigenvalue weighted by Crippen LogP contribution is -2.19. The first kappa shape index (κ1) is 19.6. The highest BCUT2D eigenvalue weighted by Gasteiger charge is 2.16. The Morgan fingerprint density at radius 3 is 2.29 bits per heavy atom. The molecule has 0 atom stereocenters. The van der Waals surface area contributed by atoms with Gasteiger partial charge in [0.1, 0.15) is 0 Å². The molecule has 2 aromatic carbocycles. The quantitative estimate of drug-likeness (QED) is 0.583. The number of halogens is 1. The maximum absolute atomic E-state index is 12.7. The molecule has 1 heterocycles. The third-order valence-corrected chi connectivity index (χ3v) is 4.96. The Morgan fingerprint density at radius 2 is 1.64 bits per heavy atom. The molecule has 3 amide bonds. The molecule has 0 saturated heterocycles. The second-order valence-electron chi connectivity index (χ2n) is 5.73. The molecule has 0 spiro atoms. The van der Waals surface area contributed by atoms with Gasteiger partial charge in [-0.1, -0.05) is 17.7 Å². The summed E-state index contributed by atoms with van der Waals surface area (Å²) in [5.74, 6) is -0.943. The van der Waals surface area contributed by atoms with Crippen LogP contribution >= 0.6 is 22.9 Å². The molecule has 3 rings (SSSR count). The number of thiophene rings is 1. The van der Waals surface area contributed by atoms with Crippen molar-refractivity contribution in [2.75, 3.05) is 17.7 Å². The first-order valence-corrected chi connectivity index (χ1v) is 9.51. The lowest BCUT2D eigenvalue weighted by molar-refractivity contribution is 0.0961. The smallest absolute Gasteiger partial charge is 0.265 e. The average molecular weight is 414 g/mol. The van der Waals surface area contributed by atoms with Gasteiger partial charge in [-0.3, -0.25) is 14.4 Å². The number of anilines is 2. The van der Waals surface area contributed by atoms with Crippen LogP contribution in [0, 0.1) is 0 Å². The molecule has 6 nitrogen and oxygen atoms in total. The van der Waals surface area contributed by atoms with Crippen LogP contribution in [0.2, 0.25) is 5.02 Å². The molecule has 3 N–H and O–H groups in total. The third kappa shape index (κ3) is 4.57.